The minimum absolute atomic E-state index is 0.0471. The SMILES string of the molecule is CCCS(=O)(=O)NC1CCCN(c2ncccn2)C1. The molecule has 1 N–H and O–H groups in total. The second-order valence-electron chi connectivity index (χ2n) is 4.77. The molecule has 1 aromatic rings. The van der Waals surface area contributed by atoms with E-state index in [4.69, 9.17) is 0 Å². The second kappa shape index (κ2) is 6.29. The van der Waals surface area contributed by atoms with E-state index < -0.39 is 10.0 Å². The van der Waals surface area contributed by atoms with Crippen molar-refractivity contribution in [2.24, 2.45) is 0 Å². The van der Waals surface area contributed by atoms with Crippen LogP contribution in [-0.2, 0) is 10.0 Å². The van der Waals surface area contributed by atoms with Gasteiger partial charge in [0, 0.05) is 31.5 Å². The molecule has 1 atom stereocenters. The minimum atomic E-state index is -3.15. The molecule has 0 spiro atoms. The maximum atomic E-state index is 11.8. The fraction of sp³-hybridized carbons (Fsp3) is 0.667. The van der Waals surface area contributed by atoms with Gasteiger partial charge in [-0.2, -0.15) is 0 Å². The number of rotatable bonds is 5. The molecule has 6 nitrogen and oxygen atoms in total. The van der Waals surface area contributed by atoms with E-state index in [1.807, 2.05) is 11.8 Å². The Morgan fingerprint density at radius 3 is 2.84 bits per heavy atom. The summed E-state index contributed by atoms with van der Waals surface area (Å²) in [6.07, 6.45) is 5.85. The van der Waals surface area contributed by atoms with Gasteiger partial charge in [0.2, 0.25) is 16.0 Å². The molecule has 1 fully saturated rings. The molecule has 106 valence electrons. The number of sulfonamides is 1. The van der Waals surface area contributed by atoms with Crippen LogP contribution in [-0.4, -0.2) is 43.3 Å². The first kappa shape index (κ1) is 14.2. The van der Waals surface area contributed by atoms with Crippen molar-refractivity contribution >= 4 is 16.0 Å². The Labute approximate surface area is 114 Å². The van der Waals surface area contributed by atoms with Gasteiger partial charge in [0.25, 0.3) is 0 Å². The van der Waals surface area contributed by atoms with Crippen molar-refractivity contribution in [3.05, 3.63) is 18.5 Å². The smallest absolute Gasteiger partial charge is 0.225 e. The molecule has 1 saturated heterocycles. The number of anilines is 1. The highest BCUT2D eigenvalue weighted by Crippen LogP contribution is 2.15. The van der Waals surface area contributed by atoms with E-state index >= 15 is 0 Å². The van der Waals surface area contributed by atoms with Crippen LogP contribution in [0.1, 0.15) is 26.2 Å². The molecular weight excluding hydrogens is 264 g/mol. The van der Waals surface area contributed by atoms with Crippen molar-refractivity contribution in [1.29, 1.82) is 0 Å². The lowest BCUT2D eigenvalue weighted by molar-refractivity contribution is 0.461. The molecule has 7 heteroatoms. The maximum absolute atomic E-state index is 11.8. The zero-order valence-electron chi connectivity index (χ0n) is 11.1. The van der Waals surface area contributed by atoms with Crippen molar-refractivity contribution in [3.63, 3.8) is 0 Å². The molecule has 0 saturated carbocycles. The number of nitrogens with zero attached hydrogens (tertiary/aromatic N) is 3. The highest BCUT2D eigenvalue weighted by atomic mass is 32.2. The summed E-state index contributed by atoms with van der Waals surface area (Å²) in [4.78, 5) is 10.4. The summed E-state index contributed by atoms with van der Waals surface area (Å²) in [5.41, 5.74) is 0. The summed E-state index contributed by atoms with van der Waals surface area (Å²) < 4.78 is 26.3. The molecule has 2 heterocycles. The van der Waals surface area contributed by atoms with Crippen LogP contribution >= 0.6 is 0 Å². The predicted molar refractivity (Wildman–Crippen MR) is 74.5 cm³/mol. The van der Waals surface area contributed by atoms with Gasteiger partial charge in [0.05, 0.1) is 5.75 Å². The van der Waals surface area contributed by atoms with Crippen LogP contribution in [0, 0.1) is 0 Å². The molecule has 0 bridgehead atoms. The zero-order valence-corrected chi connectivity index (χ0v) is 11.9. The third-order valence-electron chi connectivity index (χ3n) is 3.08. The number of piperidine rings is 1. The van der Waals surface area contributed by atoms with Gasteiger partial charge in [-0.15, -0.1) is 0 Å². The van der Waals surface area contributed by atoms with Crippen molar-refractivity contribution in [3.8, 4) is 0 Å². The van der Waals surface area contributed by atoms with Gasteiger partial charge >= 0.3 is 0 Å². The number of hydrogen-bond donors (Lipinski definition) is 1. The van der Waals surface area contributed by atoms with Crippen molar-refractivity contribution in [2.45, 2.75) is 32.2 Å². The van der Waals surface area contributed by atoms with Crippen molar-refractivity contribution < 1.29 is 8.42 Å². The standard InChI is InChI=1S/C12H20N4O2S/c1-2-9-19(17,18)15-11-5-3-8-16(10-11)12-13-6-4-7-14-12/h4,6-7,11,15H,2-3,5,8-10H2,1H3. The Bertz CT molecular complexity index is 492. The lowest BCUT2D eigenvalue weighted by Crippen LogP contribution is -2.48. The summed E-state index contributed by atoms with van der Waals surface area (Å²) in [6, 6.07) is 1.73. The fourth-order valence-corrected chi connectivity index (χ4v) is 3.65. The van der Waals surface area contributed by atoms with Gasteiger partial charge in [0.1, 0.15) is 0 Å². The van der Waals surface area contributed by atoms with Gasteiger partial charge in [-0.05, 0) is 25.3 Å². The average molecular weight is 284 g/mol. The highest BCUT2D eigenvalue weighted by Gasteiger charge is 2.24. The molecule has 0 aliphatic carbocycles. The van der Waals surface area contributed by atoms with E-state index in [2.05, 4.69) is 14.7 Å². The first-order valence-corrected chi connectivity index (χ1v) is 8.28. The van der Waals surface area contributed by atoms with Crippen LogP contribution in [0.4, 0.5) is 5.95 Å². The van der Waals surface area contributed by atoms with Crippen LogP contribution in [0.25, 0.3) is 0 Å². The van der Waals surface area contributed by atoms with E-state index in [1.165, 1.54) is 0 Å². The Morgan fingerprint density at radius 2 is 2.16 bits per heavy atom. The van der Waals surface area contributed by atoms with Crippen LogP contribution in [0.15, 0.2) is 18.5 Å². The number of aromatic nitrogens is 2. The Balaban J connectivity index is 1.98. The average Bonchev–Trinajstić information content (AvgIpc) is 2.39. The van der Waals surface area contributed by atoms with Gasteiger partial charge in [-0.3, -0.25) is 0 Å². The quantitative estimate of drug-likeness (QED) is 0.864. The van der Waals surface area contributed by atoms with Gasteiger partial charge < -0.3 is 4.90 Å². The van der Waals surface area contributed by atoms with Gasteiger partial charge in [0.15, 0.2) is 0 Å². The van der Waals surface area contributed by atoms with E-state index in [-0.39, 0.29) is 11.8 Å². The Hall–Kier alpha value is -1.21. The first-order valence-electron chi connectivity index (χ1n) is 6.62. The first-order chi connectivity index (χ1) is 9.11. The molecule has 2 rings (SSSR count). The zero-order chi connectivity index (χ0) is 13.7. The number of hydrogen-bond acceptors (Lipinski definition) is 5. The second-order valence-corrected chi connectivity index (χ2v) is 6.64. The molecule has 1 aliphatic rings. The molecule has 0 radical (unpaired) electrons. The predicted octanol–water partition coefficient (Wildman–Crippen LogP) is 0.775. The summed E-state index contributed by atoms with van der Waals surface area (Å²) in [6.45, 7) is 3.37. The summed E-state index contributed by atoms with van der Waals surface area (Å²) in [5, 5.41) is 0. The van der Waals surface area contributed by atoms with E-state index in [0.717, 1.165) is 19.4 Å². The van der Waals surface area contributed by atoms with E-state index in [9.17, 15) is 8.42 Å². The highest BCUT2D eigenvalue weighted by molar-refractivity contribution is 7.89. The monoisotopic (exact) mass is 284 g/mol. The molecule has 1 aliphatic heterocycles. The molecule has 19 heavy (non-hydrogen) atoms. The molecule has 0 amide bonds. The van der Waals surface area contributed by atoms with E-state index in [0.29, 0.717) is 18.9 Å². The van der Waals surface area contributed by atoms with Crippen molar-refractivity contribution in [1.82, 2.24) is 14.7 Å². The molecule has 0 aromatic carbocycles. The lowest BCUT2D eigenvalue weighted by Gasteiger charge is -2.32. The molecule has 1 aromatic heterocycles. The summed E-state index contributed by atoms with van der Waals surface area (Å²) in [7, 11) is -3.15. The van der Waals surface area contributed by atoms with Crippen LogP contribution in [0.2, 0.25) is 0 Å². The number of nitrogens with one attached hydrogen (secondary N) is 1. The summed E-state index contributed by atoms with van der Waals surface area (Å²) >= 11 is 0. The van der Waals surface area contributed by atoms with Crippen LogP contribution in [0.3, 0.4) is 0 Å². The van der Waals surface area contributed by atoms with Gasteiger partial charge in [-0.25, -0.2) is 23.1 Å². The third-order valence-corrected chi connectivity index (χ3v) is 4.71. The van der Waals surface area contributed by atoms with Gasteiger partial charge in [-0.1, -0.05) is 6.92 Å². The Morgan fingerprint density at radius 1 is 1.42 bits per heavy atom. The minimum Gasteiger partial charge on any atom is -0.339 e. The van der Waals surface area contributed by atoms with Crippen LogP contribution < -0.4 is 9.62 Å². The topological polar surface area (TPSA) is 75.2 Å². The largest absolute Gasteiger partial charge is 0.339 e. The lowest BCUT2D eigenvalue weighted by atomic mass is 10.1. The fourth-order valence-electron chi connectivity index (χ4n) is 2.29. The van der Waals surface area contributed by atoms with E-state index in [1.54, 1.807) is 18.5 Å². The van der Waals surface area contributed by atoms with Crippen molar-refractivity contribution in [2.75, 3.05) is 23.7 Å². The molecule has 1 unspecified atom stereocenters. The maximum Gasteiger partial charge on any atom is 0.225 e. The Kier molecular flexibility index (Phi) is 4.71. The normalized spacial score (nSPS) is 20.5. The summed E-state index contributed by atoms with van der Waals surface area (Å²) in [5.74, 6) is 0.854. The molecular formula is C12H20N4O2S. The van der Waals surface area contributed by atoms with Crippen LogP contribution in [0.5, 0.6) is 0 Å². The third kappa shape index (κ3) is 4.14.